The van der Waals surface area contributed by atoms with Crippen LogP contribution >= 0.6 is 23.2 Å². The molecular formula is C8H2Cl2O3. The molecule has 3 rings (SSSR count). The number of fused-ring (bicyclic) bond motifs is 4. The number of benzene rings is 1. The van der Waals surface area contributed by atoms with E-state index in [2.05, 4.69) is 4.42 Å². The third kappa shape index (κ3) is 1.12. The quantitative estimate of drug-likeness (QED) is 0.676. The second-order valence-corrected chi connectivity index (χ2v) is 3.22. The molecule has 1 aromatic carbocycles. The van der Waals surface area contributed by atoms with Crippen molar-refractivity contribution in [1.29, 1.82) is 0 Å². The van der Waals surface area contributed by atoms with Crippen molar-refractivity contribution >= 4 is 34.0 Å². The van der Waals surface area contributed by atoms with Crippen molar-refractivity contribution < 1.29 is 4.42 Å². The van der Waals surface area contributed by atoms with Crippen LogP contribution in [0, 0.1) is 0 Å². The molecule has 2 heterocycles. The van der Waals surface area contributed by atoms with Crippen LogP contribution in [0.2, 0.25) is 10.0 Å². The predicted octanol–water partition coefficient (Wildman–Crippen LogP) is 1.90. The Balaban J connectivity index is 3.30. The van der Waals surface area contributed by atoms with E-state index in [1.807, 2.05) is 0 Å². The van der Waals surface area contributed by atoms with Gasteiger partial charge in [0.25, 0.3) is 0 Å². The fourth-order valence-corrected chi connectivity index (χ4v) is 1.54. The number of rotatable bonds is 0. The Morgan fingerprint density at radius 2 is 1.31 bits per heavy atom. The second-order valence-electron chi connectivity index (χ2n) is 2.47. The molecule has 0 aliphatic heterocycles. The third-order valence-electron chi connectivity index (χ3n) is 1.71. The van der Waals surface area contributed by atoms with Crippen molar-refractivity contribution in [1.82, 2.24) is 0 Å². The van der Waals surface area contributed by atoms with E-state index in [1.54, 1.807) is 0 Å². The Morgan fingerprint density at radius 3 is 1.69 bits per heavy atom. The van der Waals surface area contributed by atoms with Crippen LogP contribution in [0.5, 0.6) is 0 Å². The molecule has 0 spiro atoms. The van der Waals surface area contributed by atoms with Gasteiger partial charge in [-0.3, -0.25) is 0 Å². The molecule has 0 radical (unpaired) electrons. The molecule has 0 aliphatic rings. The number of hydrogen-bond donors (Lipinski definition) is 0. The predicted molar refractivity (Wildman–Crippen MR) is 50.0 cm³/mol. The van der Waals surface area contributed by atoms with Crippen LogP contribution < -0.4 is 11.3 Å². The van der Waals surface area contributed by atoms with Gasteiger partial charge in [0.2, 0.25) is 0 Å². The SMILES string of the molecule is O=c1oc(=O)c2ccc1c(Cl)c2Cl. The first-order valence-corrected chi connectivity index (χ1v) is 4.11. The van der Waals surface area contributed by atoms with Crippen molar-refractivity contribution in [2.75, 3.05) is 0 Å². The molecule has 13 heavy (non-hydrogen) atoms. The normalized spacial score (nSPS) is 10.9. The molecule has 0 aliphatic carbocycles. The summed E-state index contributed by atoms with van der Waals surface area (Å²) in [5, 5.41) is 0.354. The smallest absolute Gasteiger partial charge is 0.347 e. The molecular weight excluding hydrogens is 215 g/mol. The maximum absolute atomic E-state index is 11.1. The van der Waals surface area contributed by atoms with Crippen LogP contribution in [0.15, 0.2) is 26.1 Å². The van der Waals surface area contributed by atoms with Gasteiger partial charge in [0.05, 0.1) is 20.8 Å². The molecule has 66 valence electrons. The fourth-order valence-electron chi connectivity index (χ4n) is 1.06. The summed E-state index contributed by atoms with van der Waals surface area (Å²) in [7, 11) is 0. The van der Waals surface area contributed by atoms with Gasteiger partial charge in [-0.05, 0) is 12.1 Å². The Hall–Kier alpha value is -1.06. The standard InChI is InChI=1S/C8H2Cl2O3/c9-5-3-1-2-4(6(5)10)8(12)13-7(3)11/h1-2H. The van der Waals surface area contributed by atoms with E-state index < -0.39 is 11.3 Å². The average Bonchev–Trinajstić information content (AvgIpc) is 2.25. The Labute approximate surface area is 81.8 Å². The van der Waals surface area contributed by atoms with Gasteiger partial charge < -0.3 is 4.42 Å². The van der Waals surface area contributed by atoms with Gasteiger partial charge >= 0.3 is 11.3 Å². The maximum atomic E-state index is 11.1. The van der Waals surface area contributed by atoms with E-state index in [0.717, 1.165) is 0 Å². The summed E-state index contributed by atoms with van der Waals surface area (Å²) in [5.74, 6) is 0. The summed E-state index contributed by atoms with van der Waals surface area (Å²) in [6.07, 6.45) is 0. The summed E-state index contributed by atoms with van der Waals surface area (Å²) in [6.45, 7) is 0. The third-order valence-corrected chi connectivity index (χ3v) is 2.59. The van der Waals surface area contributed by atoms with Crippen LogP contribution in [0.4, 0.5) is 0 Å². The summed E-state index contributed by atoms with van der Waals surface area (Å²) in [6, 6.07) is 2.83. The highest BCUT2D eigenvalue weighted by molar-refractivity contribution is 6.46. The summed E-state index contributed by atoms with van der Waals surface area (Å²) in [4.78, 5) is 22.2. The van der Waals surface area contributed by atoms with Gasteiger partial charge in [-0.1, -0.05) is 23.2 Å². The summed E-state index contributed by atoms with van der Waals surface area (Å²) >= 11 is 11.4. The van der Waals surface area contributed by atoms with E-state index in [4.69, 9.17) is 23.2 Å². The lowest BCUT2D eigenvalue weighted by Crippen LogP contribution is -2.02. The Morgan fingerprint density at radius 1 is 0.923 bits per heavy atom. The van der Waals surface area contributed by atoms with E-state index in [9.17, 15) is 9.59 Å². The molecule has 0 N–H and O–H groups in total. The minimum absolute atomic E-state index is 0.0648. The zero-order valence-electron chi connectivity index (χ0n) is 6.14. The first kappa shape index (κ1) is 8.53. The molecule has 0 saturated heterocycles. The lowest BCUT2D eigenvalue weighted by Gasteiger charge is -1.92. The van der Waals surface area contributed by atoms with Crippen molar-refractivity contribution in [2.45, 2.75) is 0 Å². The molecule has 2 bridgehead atoms. The van der Waals surface area contributed by atoms with Crippen LogP contribution in [-0.4, -0.2) is 0 Å². The minimum Gasteiger partial charge on any atom is -0.386 e. The average molecular weight is 217 g/mol. The fraction of sp³-hybridized carbons (Fsp3) is 0. The van der Waals surface area contributed by atoms with Crippen LogP contribution in [0.3, 0.4) is 0 Å². The molecule has 5 heteroatoms. The van der Waals surface area contributed by atoms with Crippen LogP contribution in [0.25, 0.3) is 10.8 Å². The molecule has 3 nitrogen and oxygen atoms in total. The van der Waals surface area contributed by atoms with Crippen molar-refractivity contribution in [3.63, 3.8) is 0 Å². The van der Waals surface area contributed by atoms with Gasteiger partial charge in [0.1, 0.15) is 0 Å². The molecule has 0 saturated carbocycles. The highest BCUT2D eigenvalue weighted by Crippen LogP contribution is 2.28. The lowest BCUT2D eigenvalue weighted by molar-refractivity contribution is 0.492. The summed E-state index contributed by atoms with van der Waals surface area (Å²) < 4.78 is 4.41. The first-order chi connectivity index (χ1) is 6.11. The van der Waals surface area contributed by atoms with Crippen molar-refractivity contribution in [3.8, 4) is 0 Å². The Kier molecular flexibility index (Phi) is 1.78. The molecule has 0 amide bonds. The highest BCUT2D eigenvalue weighted by Gasteiger charge is 2.12. The van der Waals surface area contributed by atoms with Gasteiger partial charge in [-0.25, -0.2) is 9.59 Å². The van der Waals surface area contributed by atoms with Crippen molar-refractivity contribution in [2.24, 2.45) is 0 Å². The lowest BCUT2D eigenvalue weighted by atomic mass is 10.2. The topological polar surface area (TPSA) is 47.3 Å². The summed E-state index contributed by atoms with van der Waals surface area (Å²) in [5.41, 5.74) is -1.53. The van der Waals surface area contributed by atoms with Crippen LogP contribution in [0.1, 0.15) is 0 Å². The highest BCUT2D eigenvalue weighted by atomic mass is 35.5. The Bertz CT molecular complexity index is 523. The van der Waals surface area contributed by atoms with E-state index in [1.165, 1.54) is 12.1 Å². The van der Waals surface area contributed by atoms with Crippen LogP contribution in [-0.2, 0) is 0 Å². The number of halogens is 2. The van der Waals surface area contributed by atoms with E-state index in [-0.39, 0.29) is 20.8 Å². The first-order valence-electron chi connectivity index (χ1n) is 3.36. The van der Waals surface area contributed by atoms with Crippen molar-refractivity contribution in [3.05, 3.63) is 43.0 Å². The molecule has 0 fully saturated rings. The monoisotopic (exact) mass is 216 g/mol. The van der Waals surface area contributed by atoms with E-state index in [0.29, 0.717) is 0 Å². The zero-order chi connectivity index (χ0) is 9.59. The van der Waals surface area contributed by atoms with E-state index >= 15 is 0 Å². The molecule has 2 aromatic heterocycles. The van der Waals surface area contributed by atoms with Gasteiger partial charge in [0.15, 0.2) is 0 Å². The van der Waals surface area contributed by atoms with Gasteiger partial charge in [0, 0.05) is 0 Å². The second kappa shape index (κ2) is 2.72. The molecule has 3 aromatic rings. The minimum atomic E-state index is -0.767. The van der Waals surface area contributed by atoms with Gasteiger partial charge in [-0.2, -0.15) is 0 Å². The maximum Gasteiger partial charge on any atom is 0.347 e. The molecule has 0 atom stereocenters. The van der Waals surface area contributed by atoms with Gasteiger partial charge in [-0.15, -0.1) is 0 Å². The zero-order valence-corrected chi connectivity index (χ0v) is 7.65. The largest absolute Gasteiger partial charge is 0.386 e. The molecule has 0 unspecified atom stereocenters. The number of hydrogen-bond acceptors (Lipinski definition) is 3.